The summed E-state index contributed by atoms with van der Waals surface area (Å²) in [6.07, 6.45) is 6.35. The van der Waals surface area contributed by atoms with Gasteiger partial charge in [0, 0.05) is 39.8 Å². The Balaban J connectivity index is 1.45. The summed E-state index contributed by atoms with van der Waals surface area (Å²) in [6, 6.07) is 8.74. The van der Waals surface area contributed by atoms with Crippen LogP contribution in [-0.2, 0) is 22.6 Å². The molecule has 0 bridgehead atoms. The molecular formula is C25H42N4O2. The molecule has 2 aliphatic rings. The normalized spacial score (nSPS) is 21.0. The first kappa shape index (κ1) is 24.0. The molecule has 2 fully saturated rings. The van der Waals surface area contributed by atoms with Gasteiger partial charge in [-0.2, -0.15) is 0 Å². The summed E-state index contributed by atoms with van der Waals surface area (Å²) in [4.78, 5) is 9.37. The van der Waals surface area contributed by atoms with E-state index in [1.807, 2.05) is 7.05 Å². The molecule has 1 atom stereocenters. The molecule has 0 saturated carbocycles. The maximum absolute atomic E-state index is 6.17. The van der Waals surface area contributed by atoms with Crippen LogP contribution in [0.1, 0.15) is 57.1 Å². The minimum atomic E-state index is 0.303. The first-order chi connectivity index (χ1) is 15.2. The van der Waals surface area contributed by atoms with Crippen molar-refractivity contribution in [2.75, 3.05) is 46.4 Å². The largest absolute Gasteiger partial charge is 0.376 e. The molecule has 1 N–H and O–H groups in total. The number of ether oxygens (including phenoxy) is 2. The van der Waals surface area contributed by atoms with Gasteiger partial charge in [-0.1, -0.05) is 38.1 Å². The Morgan fingerprint density at radius 3 is 2.52 bits per heavy atom. The van der Waals surface area contributed by atoms with Crippen molar-refractivity contribution < 1.29 is 9.47 Å². The van der Waals surface area contributed by atoms with Crippen molar-refractivity contribution in [3.8, 4) is 0 Å². The summed E-state index contributed by atoms with van der Waals surface area (Å²) >= 11 is 0. The van der Waals surface area contributed by atoms with Crippen molar-refractivity contribution in [3.63, 3.8) is 0 Å². The van der Waals surface area contributed by atoms with E-state index in [9.17, 15) is 0 Å². The molecule has 6 nitrogen and oxygen atoms in total. The summed E-state index contributed by atoms with van der Waals surface area (Å²) in [7, 11) is 1.88. The number of hydrogen-bond acceptors (Lipinski definition) is 4. The number of hydrogen-bond donors (Lipinski definition) is 1. The number of guanidine groups is 1. The topological polar surface area (TPSA) is 49.3 Å². The highest BCUT2D eigenvalue weighted by Gasteiger charge is 2.24. The van der Waals surface area contributed by atoms with Crippen LogP contribution in [0.25, 0.3) is 0 Å². The Labute approximate surface area is 189 Å². The Hall–Kier alpha value is -1.63. The van der Waals surface area contributed by atoms with Crippen LogP contribution in [0.5, 0.6) is 0 Å². The van der Waals surface area contributed by atoms with Crippen LogP contribution in [0.15, 0.2) is 29.3 Å². The van der Waals surface area contributed by atoms with Gasteiger partial charge in [-0.25, -0.2) is 0 Å². The van der Waals surface area contributed by atoms with Crippen molar-refractivity contribution in [2.45, 2.75) is 71.2 Å². The van der Waals surface area contributed by atoms with Gasteiger partial charge >= 0.3 is 0 Å². The van der Waals surface area contributed by atoms with Crippen molar-refractivity contribution in [2.24, 2.45) is 4.99 Å². The third-order valence-electron chi connectivity index (χ3n) is 6.59. The molecule has 1 aromatic rings. The molecule has 0 aromatic heterocycles. The van der Waals surface area contributed by atoms with Crippen molar-refractivity contribution in [3.05, 3.63) is 35.4 Å². The fraction of sp³-hybridized carbons (Fsp3) is 0.720. The van der Waals surface area contributed by atoms with E-state index in [2.05, 4.69) is 58.2 Å². The number of likely N-dealkylation sites (tertiary alicyclic amines) is 1. The zero-order valence-electron chi connectivity index (χ0n) is 19.8. The molecule has 2 saturated heterocycles. The summed E-state index contributed by atoms with van der Waals surface area (Å²) in [5.74, 6) is 0.992. The smallest absolute Gasteiger partial charge is 0.193 e. The molecule has 2 aliphatic heterocycles. The van der Waals surface area contributed by atoms with E-state index >= 15 is 0 Å². The highest BCUT2D eigenvalue weighted by atomic mass is 16.5. The van der Waals surface area contributed by atoms with E-state index in [0.29, 0.717) is 12.2 Å². The van der Waals surface area contributed by atoms with Crippen LogP contribution in [0.2, 0.25) is 0 Å². The second-order valence-electron chi connectivity index (χ2n) is 8.64. The third kappa shape index (κ3) is 7.48. The summed E-state index contributed by atoms with van der Waals surface area (Å²) in [5.41, 5.74) is 2.74. The van der Waals surface area contributed by atoms with Gasteiger partial charge < -0.3 is 19.7 Å². The fourth-order valence-electron chi connectivity index (χ4n) is 4.50. The Kier molecular flexibility index (Phi) is 10.1. The van der Waals surface area contributed by atoms with Crippen molar-refractivity contribution >= 4 is 5.96 Å². The van der Waals surface area contributed by atoms with Crippen LogP contribution in [0.3, 0.4) is 0 Å². The lowest BCUT2D eigenvalue weighted by atomic mass is 10.1. The van der Waals surface area contributed by atoms with Gasteiger partial charge in [0.25, 0.3) is 0 Å². The molecule has 1 aromatic carbocycles. The summed E-state index contributed by atoms with van der Waals surface area (Å²) in [6.45, 7) is 12.0. The molecule has 3 rings (SSSR count). The molecule has 31 heavy (non-hydrogen) atoms. The number of rotatable bonds is 9. The molecule has 0 radical (unpaired) electrons. The first-order valence-corrected chi connectivity index (χ1v) is 12.2. The van der Waals surface area contributed by atoms with E-state index in [0.717, 1.165) is 77.7 Å². The van der Waals surface area contributed by atoms with Gasteiger partial charge in [-0.3, -0.25) is 9.89 Å². The first-order valence-electron chi connectivity index (χ1n) is 12.2. The third-order valence-corrected chi connectivity index (χ3v) is 6.59. The lowest BCUT2D eigenvalue weighted by Crippen LogP contribution is -2.47. The van der Waals surface area contributed by atoms with Crippen LogP contribution >= 0.6 is 0 Å². The molecular weight excluding hydrogens is 388 g/mol. The number of piperidine rings is 1. The van der Waals surface area contributed by atoms with E-state index in [1.165, 1.54) is 24.0 Å². The molecule has 6 heteroatoms. The Morgan fingerprint density at radius 1 is 1.13 bits per heavy atom. The Bertz CT molecular complexity index is 663. The van der Waals surface area contributed by atoms with E-state index in [1.54, 1.807) is 0 Å². The van der Waals surface area contributed by atoms with Crippen LogP contribution < -0.4 is 5.32 Å². The molecule has 2 heterocycles. The number of nitrogens with one attached hydrogen (secondary N) is 1. The second-order valence-corrected chi connectivity index (χ2v) is 8.64. The van der Waals surface area contributed by atoms with E-state index in [-0.39, 0.29) is 0 Å². The fourth-order valence-corrected chi connectivity index (χ4v) is 4.50. The molecule has 0 aliphatic carbocycles. The van der Waals surface area contributed by atoms with Gasteiger partial charge in [0.1, 0.15) is 0 Å². The average Bonchev–Trinajstić information content (AvgIpc) is 2.83. The number of aliphatic imine (C=N–C) groups is 1. The minimum absolute atomic E-state index is 0.303. The van der Waals surface area contributed by atoms with Gasteiger partial charge in [0.05, 0.1) is 18.8 Å². The monoisotopic (exact) mass is 430 g/mol. The Morgan fingerprint density at radius 2 is 1.87 bits per heavy atom. The molecule has 0 amide bonds. The average molecular weight is 431 g/mol. The number of nitrogens with zero attached hydrogens (tertiary/aromatic N) is 3. The van der Waals surface area contributed by atoms with Crippen molar-refractivity contribution in [1.82, 2.24) is 15.1 Å². The van der Waals surface area contributed by atoms with Gasteiger partial charge in [0.15, 0.2) is 5.96 Å². The maximum atomic E-state index is 6.17. The SMILES string of the molecule is CCN(CC)Cc1ccccc1CNC(=NC)N1CCC(OCC2CCCCO2)CC1. The summed E-state index contributed by atoms with van der Waals surface area (Å²) in [5, 5.41) is 3.60. The van der Waals surface area contributed by atoms with Crippen LogP contribution in [-0.4, -0.2) is 74.4 Å². The molecule has 0 spiro atoms. The van der Waals surface area contributed by atoms with Gasteiger partial charge in [-0.05, 0) is 56.3 Å². The second kappa shape index (κ2) is 13.0. The van der Waals surface area contributed by atoms with Gasteiger partial charge in [-0.15, -0.1) is 0 Å². The predicted molar refractivity (Wildman–Crippen MR) is 127 cm³/mol. The standard InChI is InChI=1S/C25H42N4O2/c1-4-28(5-2)19-22-11-7-6-10-21(22)18-27-25(26-3)29-15-13-23(14-16-29)31-20-24-12-8-9-17-30-24/h6-7,10-11,23-24H,4-5,8-9,12-20H2,1-3H3,(H,26,27). The minimum Gasteiger partial charge on any atom is -0.376 e. The zero-order chi connectivity index (χ0) is 21.9. The van der Waals surface area contributed by atoms with E-state index in [4.69, 9.17) is 9.47 Å². The number of benzene rings is 1. The lowest BCUT2D eigenvalue weighted by Gasteiger charge is -2.35. The maximum Gasteiger partial charge on any atom is 0.193 e. The highest BCUT2D eigenvalue weighted by molar-refractivity contribution is 5.80. The molecule has 1 unspecified atom stereocenters. The van der Waals surface area contributed by atoms with Gasteiger partial charge in [0.2, 0.25) is 0 Å². The predicted octanol–water partition coefficient (Wildman–Crippen LogP) is 3.65. The lowest BCUT2D eigenvalue weighted by molar-refractivity contribution is -0.0721. The van der Waals surface area contributed by atoms with E-state index < -0.39 is 0 Å². The van der Waals surface area contributed by atoms with Crippen LogP contribution in [0, 0.1) is 0 Å². The molecule has 174 valence electrons. The van der Waals surface area contributed by atoms with Crippen LogP contribution in [0.4, 0.5) is 0 Å². The quantitative estimate of drug-likeness (QED) is 0.479. The summed E-state index contributed by atoms with van der Waals surface area (Å²) < 4.78 is 12.0. The highest BCUT2D eigenvalue weighted by Crippen LogP contribution is 2.18. The van der Waals surface area contributed by atoms with Crippen molar-refractivity contribution in [1.29, 1.82) is 0 Å². The zero-order valence-corrected chi connectivity index (χ0v) is 19.8.